The molecule has 0 aliphatic rings. The van der Waals surface area contributed by atoms with Gasteiger partial charge in [0, 0.05) is 0 Å². The van der Waals surface area contributed by atoms with Gasteiger partial charge in [0.05, 0.1) is 17.3 Å². The van der Waals surface area contributed by atoms with Gasteiger partial charge in [-0.15, -0.1) is 11.3 Å². The van der Waals surface area contributed by atoms with Crippen molar-refractivity contribution in [3.63, 3.8) is 0 Å². The predicted octanol–water partition coefficient (Wildman–Crippen LogP) is 0.990. The van der Waals surface area contributed by atoms with E-state index in [1.807, 2.05) is 6.07 Å². The topological polar surface area (TPSA) is 29.5 Å². The maximum Gasteiger partial charge on any atom is 0.148 e. The number of quaternary nitrogens is 1. The molecule has 2 aromatic rings. The third-order valence-corrected chi connectivity index (χ3v) is 2.78. The summed E-state index contributed by atoms with van der Waals surface area (Å²) in [6, 6.07) is 8.26. The summed E-state index contributed by atoms with van der Waals surface area (Å²) < 4.78 is 1.29. The fraction of sp³-hybridized carbons (Fsp3) is 0.222. The van der Waals surface area contributed by atoms with Gasteiger partial charge in [0.25, 0.3) is 0 Å². The number of nitrogens with zero attached hydrogens (tertiary/aromatic N) is 1. The Labute approximate surface area is 75.3 Å². The average molecular weight is 179 g/mol. The molecule has 0 saturated carbocycles. The Bertz CT molecular complexity index is 348. The van der Waals surface area contributed by atoms with E-state index in [-0.39, 0.29) is 0 Å². The van der Waals surface area contributed by atoms with Gasteiger partial charge in [-0.3, -0.25) is 0 Å². The van der Waals surface area contributed by atoms with Crippen LogP contribution in [0, 0.1) is 0 Å². The molecule has 2 rings (SSSR count). The molecule has 12 heavy (non-hydrogen) atoms. The smallest absolute Gasteiger partial charge is 0.148 e. The highest BCUT2D eigenvalue weighted by atomic mass is 32.1. The molecule has 0 spiro atoms. The zero-order chi connectivity index (χ0) is 8.39. The summed E-state index contributed by atoms with van der Waals surface area (Å²) in [5, 5.41) is 3.34. The first-order valence-corrected chi connectivity index (χ1v) is 4.84. The zero-order valence-corrected chi connectivity index (χ0v) is 7.77. The summed E-state index contributed by atoms with van der Waals surface area (Å²) in [5.74, 6) is 0. The molecule has 1 aromatic carbocycles. The van der Waals surface area contributed by atoms with Crippen molar-refractivity contribution >= 4 is 21.6 Å². The van der Waals surface area contributed by atoms with Gasteiger partial charge in [-0.2, -0.15) is 0 Å². The number of nitrogens with two attached hydrogens (primary N) is 1. The minimum atomic E-state index is 0.985. The standard InChI is InChI=1S/C9H10N2S/c1-10-6-9-11-7-4-2-3-5-8(7)12-9/h2-5,10H,6H2,1H3/p+1. The second kappa shape index (κ2) is 3.21. The van der Waals surface area contributed by atoms with Gasteiger partial charge in [0.15, 0.2) is 0 Å². The second-order valence-corrected chi connectivity index (χ2v) is 3.80. The van der Waals surface area contributed by atoms with E-state index in [2.05, 4.69) is 35.5 Å². The van der Waals surface area contributed by atoms with E-state index in [0.29, 0.717) is 0 Å². The summed E-state index contributed by atoms with van der Waals surface area (Å²) in [6.07, 6.45) is 0. The molecule has 0 aliphatic carbocycles. The highest BCUT2D eigenvalue weighted by Crippen LogP contribution is 2.20. The first-order valence-electron chi connectivity index (χ1n) is 4.02. The third kappa shape index (κ3) is 1.33. The van der Waals surface area contributed by atoms with Gasteiger partial charge < -0.3 is 5.32 Å². The minimum absolute atomic E-state index is 0.985. The molecule has 0 amide bonds. The number of aromatic nitrogens is 1. The number of hydrogen-bond acceptors (Lipinski definition) is 2. The number of benzene rings is 1. The number of thiazole rings is 1. The van der Waals surface area contributed by atoms with Gasteiger partial charge in [0.2, 0.25) is 0 Å². The Morgan fingerprint density at radius 3 is 3.00 bits per heavy atom. The molecule has 0 fully saturated rings. The van der Waals surface area contributed by atoms with Crippen molar-refractivity contribution in [2.75, 3.05) is 7.05 Å². The van der Waals surface area contributed by atoms with E-state index >= 15 is 0 Å². The van der Waals surface area contributed by atoms with Crippen LogP contribution in [0.2, 0.25) is 0 Å². The number of para-hydroxylation sites is 1. The Hall–Kier alpha value is -0.930. The van der Waals surface area contributed by atoms with Gasteiger partial charge in [-0.05, 0) is 12.1 Å². The van der Waals surface area contributed by atoms with Crippen molar-refractivity contribution in [2.24, 2.45) is 0 Å². The highest BCUT2D eigenvalue weighted by molar-refractivity contribution is 7.18. The lowest BCUT2D eigenvalue weighted by Crippen LogP contribution is -2.77. The molecule has 0 saturated heterocycles. The number of fused-ring (bicyclic) bond motifs is 1. The molecule has 2 nitrogen and oxygen atoms in total. The van der Waals surface area contributed by atoms with Crippen molar-refractivity contribution in [3.05, 3.63) is 29.3 Å². The van der Waals surface area contributed by atoms with Crippen LogP contribution in [0.1, 0.15) is 5.01 Å². The highest BCUT2D eigenvalue weighted by Gasteiger charge is 2.01. The van der Waals surface area contributed by atoms with E-state index < -0.39 is 0 Å². The Balaban J connectivity index is 2.47. The third-order valence-electron chi connectivity index (χ3n) is 1.72. The zero-order valence-electron chi connectivity index (χ0n) is 6.95. The van der Waals surface area contributed by atoms with Crippen molar-refractivity contribution in [1.29, 1.82) is 0 Å². The fourth-order valence-corrected chi connectivity index (χ4v) is 2.19. The fourth-order valence-electron chi connectivity index (χ4n) is 1.18. The first-order chi connectivity index (χ1) is 5.90. The van der Waals surface area contributed by atoms with Crippen LogP contribution >= 0.6 is 11.3 Å². The Morgan fingerprint density at radius 1 is 1.42 bits per heavy atom. The second-order valence-electron chi connectivity index (χ2n) is 2.69. The molecule has 0 bridgehead atoms. The van der Waals surface area contributed by atoms with E-state index in [4.69, 9.17) is 0 Å². The molecular weight excluding hydrogens is 168 g/mol. The predicted molar refractivity (Wildman–Crippen MR) is 51.2 cm³/mol. The molecule has 1 heterocycles. The largest absolute Gasteiger partial charge is 0.343 e. The average Bonchev–Trinajstić information content (AvgIpc) is 2.47. The number of hydrogen-bond donors (Lipinski definition) is 1. The van der Waals surface area contributed by atoms with Gasteiger partial charge in [0.1, 0.15) is 11.6 Å². The Kier molecular flexibility index (Phi) is 2.06. The van der Waals surface area contributed by atoms with E-state index in [1.54, 1.807) is 11.3 Å². The van der Waals surface area contributed by atoms with Crippen LogP contribution in [0.4, 0.5) is 0 Å². The van der Waals surface area contributed by atoms with Crippen molar-refractivity contribution in [2.45, 2.75) is 6.54 Å². The van der Waals surface area contributed by atoms with E-state index in [1.165, 1.54) is 9.71 Å². The monoisotopic (exact) mass is 179 g/mol. The van der Waals surface area contributed by atoms with Crippen LogP contribution in [0.5, 0.6) is 0 Å². The summed E-state index contributed by atoms with van der Waals surface area (Å²) in [5.41, 5.74) is 1.12. The SMILES string of the molecule is C[NH2+]Cc1nc2ccccc2s1. The first kappa shape index (κ1) is 7.71. The lowest BCUT2D eigenvalue weighted by Gasteiger charge is -1.85. The van der Waals surface area contributed by atoms with Crippen LogP contribution in [-0.2, 0) is 6.54 Å². The van der Waals surface area contributed by atoms with Crippen LogP contribution in [0.3, 0.4) is 0 Å². The molecule has 3 heteroatoms. The number of rotatable bonds is 2. The van der Waals surface area contributed by atoms with Crippen LogP contribution in [-0.4, -0.2) is 12.0 Å². The Morgan fingerprint density at radius 2 is 2.25 bits per heavy atom. The van der Waals surface area contributed by atoms with E-state index in [9.17, 15) is 0 Å². The van der Waals surface area contributed by atoms with Crippen molar-refractivity contribution in [3.8, 4) is 0 Å². The molecule has 62 valence electrons. The van der Waals surface area contributed by atoms with Gasteiger partial charge in [-0.25, -0.2) is 4.98 Å². The van der Waals surface area contributed by atoms with Crippen molar-refractivity contribution in [1.82, 2.24) is 4.98 Å². The summed E-state index contributed by atoms with van der Waals surface area (Å²) >= 11 is 1.78. The summed E-state index contributed by atoms with van der Waals surface area (Å²) in [6.45, 7) is 0.985. The molecule has 0 aliphatic heterocycles. The quantitative estimate of drug-likeness (QED) is 0.732. The normalized spacial score (nSPS) is 10.8. The molecule has 0 unspecified atom stereocenters. The molecule has 0 atom stereocenters. The molecule has 1 aromatic heterocycles. The maximum absolute atomic E-state index is 4.49. The van der Waals surface area contributed by atoms with Gasteiger partial charge in [-0.1, -0.05) is 12.1 Å². The van der Waals surface area contributed by atoms with Crippen LogP contribution < -0.4 is 5.32 Å². The summed E-state index contributed by atoms with van der Waals surface area (Å²) in [7, 11) is 2.06. The minimum Gasteiger partial charge on any atom is -0.343 e. The summed E-state index contributed by atoms with van der Waals surface area (Å²) in [4.78, 5) is 4.49. The van der Waals surface area contributed by atoms with Crippen molar-refractivity contribution < 1.29 is 5.32 Å². The maximum atomic E-state index is 4.49. The lowest BCUT2D eigenvalue weighted by molar-refractivity contribution is -0.643. The van der Waals surface area contributed by atoms with Crippen LogP contribution in [0.25, 0.3) is 10.2 Å². The van der Waals surface area contributed by atoms with Gasteiger partial charge >= 0.3 is 0 Å². The molecule has 2 N–H and O–H groups in total. The van der Waals surface area contributed by atoms with E-state index in [0.717, 1.165) is 12.1 Å². The lowest BCUT2D eigenvalue weighted by atomic mass is 10.3. The molecule has 0 radical (unpaired) electrons. The molecular formula is C9H11N2S+. The van der Waals surface area contributed by atoms with Crippen LogP contribution in [0.15, 0.2) is 24.3 Å².